The number of allylic oxidation sites excluding steroid dienone is 5. The Balaban J connectivity index is 2.47. The summed E-state index contributed by atoms with van der Waals surface area (Å²) in [5.41, 5.74) is 2.75. The number of hydrogen-bond acceptors (Lipinski definition) is 1. The topological polar surface area (TPSA) is 9.23 Å². The average molecular weight is 172 g/mol. The smallest absolute Gasteiger partial charge is 0.234 e. The minimum absolute atomic E-state index is 0.439. The Morgan fingerprint density at radius 2 is 2.31 bits per heavy atom. The SMILES string of the molecule is C/C=C1/CC=CB2C=COC(C)=C21. The van der Waals surface area contributed by atoms with E-state index in [2.05, 4.69) is 31.0 Å². The summed E-state index contributed by atoms with van der Waals surface area (Å²) in [6, 6.07) is 0. The second kappa shape index (κ2) is 3.29. The van der Waals surface area contributed by atoms with Crippen LogP contribution in [0.4, 0.5) is 0 Å². The summed E-state index contributed by atoms with van der Waals surface area (Å²) in [7, 11) is 0. The zero-order valence-electron chi connectivity index (χ0n) is 8.08. The van der Waals surface area contributed by atoms with Crippen LogP contribution in [-0.4, -0.2) is 6.71 Å². The van der Waals surface area contributed by atoms with Crippen molar-refractivity contribution in [3.05, 3.63) is 47.2 Å². The van der Waals surface area contributed by atoms with Gasteiger partial charge in [0.2, 0.25) is 6.71 Å². The van der Waals surface area contributed by atoms with Crippen molar-refractivity contribution in [2.75, 3.05) is 0 Å². The van der Waals surface area contributed by atoms with E-state index in [1.807, 2.05) is 6.92 Å². The lowest BCUT2D eigenvalue weighted by atomic mass is 9.40. The van der Waals surface area contributed by atoms with Crippen molar-refractivity contribution in [3.63, 3.8) is 0 Å². The Kier molecular flexibility index (Phi) is 2.13. The molecule has 0 amide bonds. The van der Waals surface area contributed by atoms with Crippen molar-refractivity contribution in [2.24, 2.45) is 0 Å². The van der Waals surface area contributed by atoms with Crippen LogP contribution in [-0.2, 0) is 4.74 Å². The number of hydrogen-bond donors (Lipinski definition) is 0. The van der Waals surface area contributed by atoms with Crippen LogP contribution in [0.1, 0.15) is 20.3 Å². The molecule has 0 aromatic carbocycles. The third-order valence-corrected chi connectivity index (χ3v) is 2.62. The number of rotatable bonds is 0. The van der Waals surface area contributed by atoms with E-state index in [1.54, 1.807) is 6.26 Å². The summed E-state index contributed by atoms with van der Waals surface area (Å²) in [5.74, 6) is 5.39. The normalized spacial score (nSPS) is 23.5. The van der Waals surface area contributed by atoms with Crippen LogP contribution in [0, 0.1) is 0 Å². The van der Waals surface area contributed by atoms with Crippen LogP contribution < -0.4 is 0 Å². The molecular formula is C11H13BO. The molecule has 13 heavy (non-hydrogen) atoms. The molecule has 2 aliphatic heterocycles. The van der Waals surface area contributed by atoms with Gasteiger partial charge in [0.1, 0.15) is 0 Å². The van der Waals surface area contributed by atoms with Gasteiger partial charge < -0.3 is 4.74 Å². The molecular weight excluding hydrogens is 159 g/mol. The van der Waals surface area contributed by atoms with Gasteiger partial charge in [0, 0.05) is 0 Å². The average Bonchev–Trinajstić information content (AvgIpc) is 2.17. The highest BCUT2D eigenvalue weighted by atomic mass is 16.5. The zero-order valence-corrected chi connectivity index (χ0v) is 8.08. The maximum absolute atomic E-state index is 5.40. The molecule has 0 N–H and O–H groups in total. The Labute approximate surface area is 79.6 Å². The standard InChI is InChI=1S/C11H13BO/c1-3-10-5-4-6-12-7-8-13-9(2)11(10)12/h3-4,6-8H,5H2,1-2H3/b10-3-. The van der Waals surface area contributed by atoms with Crippen molar-refractivity contribution in [2.45, 2.75) is 20.3 Å². The molecule has 2 heteroatoms. The van der Waals surface area contributed by atoms with Crippen molar-refractivity contribution >= 4 is 6.71 Å². The molecule has 2 heterocycles. The molecule has 0 aliphatic carbocycles. The van der Waals surface area contributed by atoms with Gasteiger partial charge in [-0.05, 0) is 31.3 Å². The van der Waals surface area contributed by atoms with E-state index in [0.717, 1.165) is 12.2 Å². The third kappa shape index (κ3) is 1.37. The van der Waals surface area contributed by atoms with Crippen molar-refractivity contribution in [3.8, 4) is 0 Å². The largest absolute Gasteiger partial charge is 0.471 e. The summed E-state index contributed by atoms with van der Waals surface area (Å²) in [6.07, 6.45) is 7.23. The molecule has 0 saturated carbocycles. The lowest BCUT2D eigenvalue weighted by Crippen LogP contribution is -2.21. The van der Waals surface area contributed by atoms with Gasteiger partial charge in [0.25, 0.3) is 0 Å². The van der Waals surface area contributed by atoms with Crippen LogP contribution in [0.15, 0.2) is 47.2 Å². The van der Waals surface area contributed by atoms with E-state index in [4.69, 9.17) is 4.74 Å². The molecule has 0 unspecified atom stereocenters. The third-order valence-electron chi connectivity index (χ3n) is 2.62. The molecule has 0 saturated heterocycles. The maximum atomic E-state index is 5.40. The Morgan fingerprint density at radius 3 is 3.08 bits per heavy atom. The summed E-state index contributed by atoms with van der Waals surface area (Å²) in [6.45, 7) is 4.56. The fourth-order valence-corrected chi connectivity index (χ4v) is 1.95. The summed E-state index contributed by atoms with van der Waals surface area (Å²) >= 11 is 0. The Hall–Kier alpha value is -1.18. The molecule has 0 fully saturated rings. The van der Waals surface area contributed by atoms with Crippen LogP contribution in [0.3, 0.4) is 0 Å². The van der Waals surface area contributed by atoms with E-state index in [-0.39, 0.29) is 0 Å². The Morgan fingerprint density at radius 1 is 1.46 bits per heavy atom. The number of fused-ring (bicyclic) bond motifs is 1. The van der Waals surface area contributed by atoms with Crippen LogP contribution in [0.5, 0.6) is 0 Å². The van der Waals surface area contributed by atoms with Crippen molar-refractivity contribution in [1.82, 2.24) is 0 Å². The molecule has 0 bridgehead atoms. The fraction of sp³-hybridized carbons (Fsp3) is 0.273. The first kappa shape index (κ1) is 8.42. The molecule has 2 aliphatic rings. The minimum Gasteiger partial charge on any atom is -0.471 e. The highest BCUT2D eigenvalue weighted by Crippen LogP contribution is 2.29. The quantitative estimate of drug-likeness (QED) is 0.510. The predicted molar refractivity (Wildman–Crippen MR) is 56.2 cm³/mol. The van der Waals surface area contributed by atoms with Gasteiger partial charge in [-0.2, -0.15) is 0 Å². The van der Waals surface area contributed by atoms with Crippen LogP contribution in [0.25, 0.3) is 0 Å². The molecule has 0 radical (unpaired) electrons. The molecule has 0 aromatic rings. The van der Waals surface area contributed by atoms with Crippen molar-refractivity contribution in [1.29, 1.82) is 0 Å². The second-order valence-corrected chi connectivity index (χ2v) is 3.39. The van der Waals surface area contributed by atoms with E-state index >= 15 is 0 Å². The fourth-order valence-electron chi connectivity index (χ4n) is 1.95. The highest BCUT2D eigenvalue weighted by molar-refractivity contribution is 6.78. The highest BCUT2D eigenvalue weighted by Gasteiger charge is 2.24. The first-order valence-electron chi connectivity index (χ1n) is 4.69. The monoisotopic (exact) mass is 172 g/mol. The maximum Gasteiger partial charge on any atom is 0.234 e. The van der Waals surface area contributed by atoms with E-state index in [9.17, 15) is 0 Å². The first-order valence-corrected chi connectivity index (χ1v) is 4.69. The predicted octanol–water partition coefficient (Wildman–Crippen LogP) is 2.82. The minimum atomic E-state index is 0.439. The van der Waals surface area contributed by atoms with E-state index < -0.39 is 0 Å². The number of ether oxygens (including phenoxy) is 1. The van der Waals surface area contributed by atoms with Gasteiger partial charge in [0.05, 0.1) is 12.0 Å². The van der Waals surface area contributed by atoms with Gasteiger partial charge in [-0.15, -0.1) is 5.98 Å². The lowest BCUT2D eigenvalue weighted by molar-refractivity contribution is 0.349. The molecule has 0 aromatic heterocycles. The van der Waals surface area contributed by atoms with Gasteiger partial charge in [-0.3, -0.25) is 0 Å². The van der Waals surface area contributed by atoms with Gasteiger partial charge in [0.15, 0.2) is 0 Å². The van der Waals surface area contributed by atoms with Gasteiger partial charge >= 0.3 is 0 Å². The van der Waals surface area contributed by atoms with Crippen LogP contribution >= 0.6 is 0 Å². The van der Waals surface area contributed by atoms with E-state index in [1.165, 1.54) is 11.0 Å². The summed E-state index contributed by atoms with van der Waals surface area (Å²) in [4.78, 5) is 0. The molecule has 0 spiro atoms. The van der Waals surface area contributed by atoms with Crippen LogP contribution in [0.2, 0.25) is 0 Å². The Bertz CT molecular complexity index is 334. The second-order valence-electron chi connectivity index (χ2n) is 3.39. The zero-order chi connectivity index (χ0) is 9.26. The van der Waals surface area contributed by atoms with Gasteiger partial charge in [-0.1, -0.05) is 18.1 Å². The molecule has 2 rings (SSSR count). The van der Waals surface area contributed by atoms with Gasteiger partial charge in [-0.25, -0.2) is 0 Å². The van der Waals surface area contributed by atoms with Crippen molar-refractivity contribution < 1.29 is 4.74 Å². The molecule has 0 atom stereocenters. The first-order chi connectivity index (χ1) is 6.33. The molecule has 1 nitrogen and oxygen atoms in total. The van der Waals surface area contributed by atoms with E-state index in [0.29, 0.717) is 6.71 Å². The summed E-state index contributed by atoms with van der Waals surface area (Å²) < 4.78 is 5.40. The summed E-state index contributed by atoms with van der Waals surface area (Å²) in [5, 5.41) is 0. The lowest BCUT2D eigenvalue weighted by Gasteiger charge is -2.23. The molecule has 66 valence electrons.